The molecule has 1 aromatic heterocycles. The minimum Gasteiger partial charge on any atom is -0.378 e. The van der Waals surface area contributed by atoms with Crippen LogP contribution in [0.15, 0.2) is 30.3 Å². The van der Waals surface area contributed by atoms with Gasteiger partial charge in [-0.2, -0.15) is 0 Å². The Labute approximate surface area is 193 Å². The van der Waals surface area contributed by atoms with E-state index in [0.29, 0.717) is 30.9 Å². The summed E-state index contributed by atoms with van der Waals surface area (Å²) in [5, 5.41) is 8.47. The van der Waals surface area contributed by atoms with Gasteiger partial charge in [0.25, 0.3) is 0 Å². The number of morpholine rings is 1. The summed E-state index contributed by atoms with van der Waals surface area (Å²) in [6, 6.07) is 9.84. The fraction of sp³-hybridized carbons (Fsp3) is 0.333. The molecule has 0 spiro atoms. The lowest BCUT2D eigenvalue weighted by molar-refractivity contribution is 0.103. The molecule has 1 aliphatic heterocycles. The Morgan fingerprint density at radius 2 is 2.03 bits per heavy atom. The van der Waals surface area contributed by atoms with Crippen LogP contribution in [-0.2, 0) is 14.9 Å². The molecule has 1 aliphatic carbocycles. The van der Waals surface area contributed by atoms with Gasteiger partial charge in [-0.1, -0.05) is 37.8 Å². The molecule has 2 N–H and O–H groups in total. The summed E-state index contributed by atoms with van der Waals surface area (Å²) >= 11 is 0. The first-order valence-corrected chi connectivity index (χ1v) is 11.2. The van der Waals surface area contributed by atoms with Crippen molar-refractivity contribution in [2.45, 2.75) is 19.3 Å². The highest BCUT2D eigenvalue weighted by atomic mass is 16.5. The van der Waals surface area contributed by atoms with Crippen molar-refractivity contribution in [2.75, 3.05) is 44.9 Å². The van der Waals surface area contributed by atoms with E-state index in [1.54, 1.807) is 7.11 Å². The fourth-order valence-electron chi connectivity index (χ4n) is 4.94. The molecule has 168 valence electrons. The lowest BCUT2D eigenvalue weighted by atomic mass is 9.70. The van der Waals surface area contributed by atoms with Crippen LogP contribution in [0.1, 0.15) is 52.2 Å². The summed E-state index contributed by atoms with van der Waals surface area (Å²) in [5.74, 6) is 6.31. The Kier molecular flexibility index (Phi) is 5.32. The minimum absolute atomic E-state index is 0.0106. The van der Waals surface area contributed by atoms with Gasteiger partial charge < -0.3 is 24.8 Å². The summed E-state index contributed by atoms with van der Waals surface area (Å²) in [7, 11) is 1.62. The maximum absolute atomic E-state index is 13.8. The molecule has 0 amide bonds. The number of methoxy groups -OCH3 is 1. The van der Waals surface area contributed by atoms with Crippen molar-refractivity contribution in [3.05, 3.63) is 63.8 Å². The number of carbonyl (C=O) groups excluding carboxylic acids is 1. The first-order chi connectivity index (χ1) is 16.0. The number of rotatable bonds is 3. The molecule has 2 aliphatic rings. The van der Waals surface area contributed by atoms with Crippen LogP contribution >= 0.6 is 0 Å². The first kappa shape index (κ1) is 21.4. The molecule has 0 radical (unpaired) electrons. The molecular formula is C27H27N3O3. The average molecular weight is 442 g/mol. The molecule has 1 fully saturated rings. The van der Waals surface area contributed by atoms with E-state index in [0.717, 1.165) is 52.1 Å². The highest BCUT2D eigenvalue weighted by Crippen LogP contribution is 2.45. The number of anilines is 1. The molecule has 0 atom stereocenters. The van der Waals surface area contributed by atoms with Gasteiger partial charge in [-0.25, -0.2) is 0 Å². The van der Waals surface area contributed by atoms with Gasteiger partial charge in [0.05, 0.1) is 24.5 Å². The van der Waals surface area contributed by atoms with E-state index in [-0.39, 0.29) is 5.78 Å². The normalized spacial score (nSPS) is 16.7. The highest BCUT2D eigenvalue weighted by molar-refractivity contribution is 6.20. The standard InChI is InChI=1S/C27H27N3O3/c1-27(2)21-15-23(30-8-11-33-12-9-30)18(5-4-10-32-3)14-20(21)25(31)24-19-7-6-17(16-28)13-22(19)29-26(24)27/h6-7,13-16,28-29H,8-12H2,1-3H3. The number of hydrogen-bond acceptors (Lipinski definition) is 5. The molecule has 6 nitrogen and oxygen atoms in total. The van der Waals surface area contributed by atoms with Gasteiger partial charge in [-0.3, -0.25) is 4.79 Å². The molecule has 33 heavy (non-hydrogen) atoms. The van der Waals surface area contributed by atoms with E-state index in [4.69, 9.17) is 14.9 Å². The molecule has 0 bridgehead atoms. The molecule has 2 heterocycles. The van der Waals surface area contributed by atoms with Gasteiger partial charge >= 0.3 is 0 Å². The molecule has 0 unspecified atom stereocenters. The van der Waals surface area contributed by atoms with Crippen LogP contribution < -0.4 is 4.90 Å². The number of fused-ring (bicyclic) bond motifs is 4. The summed E-state index contributed by atoms with van der Waals surface area (Å²) < 4.78 is 10.7. The summed E-state index contributed by atoms with van der Waals surface area (Å²) in [6.45, 7) is 7.57. The van der Waals surface area contributed by atoms with Crippen LogP contribution in [0.5, 0.6) is 0 Å². The van der Waals surface area contributed by atoms with Crippen LogP contribution in [0.2, 0.25) is 0 Å². The van der Waals surface area contributed by atoms with E-state index >= 15 is 0 Å². The lowest BCUT2D eigenvalue weighted by Crippen LogP contribution is -2.37. The number of benzene rings is 2. The first-order valence-electron chi connectivity index (χ1n) is 11.2. The molecular weight excluding hydrogens is 414 g/mol. The number of hydrogen-bond donors (Lipinski definition) is 2. The Balaban J connectivity index is 1.72. The van der Waals surface area contributed by atoms with Crippen molar-refractivity contribution in [1.29, 1.82) is 5.41 Å². The van der Waals surface area contributed by atoms with Gasteiger partial charge in [0.15, 0.2) is 5.78 Å². The van der Waals surface area contributed by atoms with Crippen LogP contribution in [0.25, 0.3) is 10.9 Å². The Bertz CT molecular complexity index is 1330. The van der Waals surface area contributed by atoms with Crippen molar-refractivity contribution < 1.29 is 14.3 Å². The SMILES string of the molecule is COCC#Cc1cc2c(cc1N1CCOCC1)C(C)(C)c1[nH]c3cc(C=N)ccc3c1C2=O. The molecule has 5 rings (SSSR count). The number of H-pyrrole nitrogens is 1. The zero-order valence-corrected chi connectivity index (χ0v) is 19.2. The van der Waals surface area contributed by atoms with Crippen LogP contribution in [0.3, 0.4) is 0 Å². The third kappa shape index (κ3) is 3.45. The Morgan fingerprint density at radius 3 is 2.76 bits per heavy atom. The molecule has 3 aromatic rings. The molecule has 0 saturated carbocycles. The van der Waals surface area contributed by atoms with Crippen LogP contribution in [0, 0.1) is 17.3 Å². The quantitative estimate of drug-likeness (QED) is 0.478. The molecule has 2 aromatic carbocycles. The van der Waals surface area contributed by atoms with Crippen LogP contribution in [0.4, 0.5) is 5.69 Å². The number of aromatic nitrogens is 1. The second-order valence-corrected chi connectivity index (χ2v) is 9.03. The third-order valence-electron chi connectivity index (χ3n) is 6.69. The zero-order chi connectivity index (χ0) is 23.2. The monoisotopic (exact) mass is 441 g/mol. The largest absolute Gasteiger partial charge is 0.378 e. The van der Waals surface area contributed by atoms with Gasteiger partial charge in [-0.15, -0.1) is 0 Å². The van der Waals surface area contributed by atoms with Gasteiger partial charge in [0.1, 0.15) is 6.61 Å². The average Bonchev–Trinajstić information content (AvgIpc) is 3.23. The number of nitrogens with one attached hydrogen (secondary N) is 2. The number of nitrogens with zero attached hydrogens (tertiary/aromatic N) is 1. The predicted molar refractivity (Wildman–Crippen MR) is 130 cm³/mol. The van der Waals surface area contributed by atoms with Gasteiger partial charge in [0, 0.05) is 59.6 Å². The number of carbonyl (C=O) groups is 1. The second kappa shape index (κ2) is 8.18. The van der Waals surface area contributed by atoms with E-state index in [1.807, 2.05) is 24.3 Å². The molecule has 6 heteroatoms. The van der Waals surface area contributed by atoms with Gasteiger partial charge in [0.2, 0.25) is 0 Å². The summed E-state index contributed by atoms with van der Waals surface area (Å²) in [4.78, 5) is 19.6. The van der Waals surface area contributed by atoms with Gasteiger partial charge in [-0.05, 0) is 29.3 Å². The number of aromatic amines is 1. The Hall–Kier alpha value is -3.40. The van der Waals surface area contributed by atoms with Crippen LogP contribution in [-0.4, -0.2) is 57.0 Å². The lowest BCUT2D eigenvalue weighted by Gasteiger charge is -2.35. The van der Waals surface area contributed by atoms with E-state index in [1.165, 1.54) is 6.21 Å². The predicted octanol–water partition coefficient (Wildman–Crippen LogP) is 3.87. The topological polar surface area (TPSA) is 78.4 Å². The minimum atomic E-state index is -0.401. The van der Waals surface area contributed by atoms with Crippen molar-refractivity contribution >= 4 is 28.6 Å². The second-order valence-electron chi connectivity index (χ2n) is 9.03. The smallest absolute Gasteiger partial charge is 0.195 e. The fourth-order valence-corrected chi connectivity index (χ4v) is 4.94. The van der Waals surface area contributed by atoms with E-state index < -0.39 is 5.41 Å². The molecule has 1 saturated heterocycles. The highest BCUT2D eigenvalue weighted by Gasteiger charge is 2.40. The maximum Gasteiger partial charge on any atom is 0.195 e. The summed E-state index contributed by atoms with van der Waals surface area (Å²) in [5.41, 5.74) is 6.48. The van der Waals surface area contributed by atoms with E-state index in [9.17, 15) is 4.79 Å². The zero-order valence-electron chi connectivity index (χ0n) is 19.2. The van der Waals surface area contributed by atoms with Crippen molar-refractivity contribution in [1.82, 2.24) is 4.98 Å². The number of ketones is 1. The Morgan fingerprint density at radius 1 is 1.24 bits per heavy atom. The van der Waals surface area contributed by atoms with E-state index in [2.05, 4.69) is 41.6 Å². The van der Waals surface area contributed by atoms with Crippen molar-refractivity contribution in [2.24, 2.45) is 0 Å². The third-order valence-corrected chi connectivity index (χ3v) is 6.69. The number of ether oxygens (including phenoxy) is 2. The van der Waals surface area contributed by atoms with Crippen molar-refractivity contribution in [3.8, 4) is 11.8 Å². The maximum atomic E-state index is 13.8. The van der Waals surface area contributed by atoms with Crippen molar-refractivity contribution in [3.63, 3.8) is 0 Å². The summed E-state index contributed by atoms with van der Waals surface area (Å²) in [6.07, 6.45) is 1.32.